The molecule has 12 nitrogen and oxygen atoms in total. The highest BCUT2D eigenvalue weighted by atomic mass is 79.9. The van der Waals surface area contributed by atoms with Crippen LogP contribution in [-0.2, 0) is 30.7 Å². The van der Waals surface area contributed by atoms with E-state index in [0.29, 0.717) is 47.5 Å². The third-order valence-electron chi connectivity index (χ3n) is 4.02. The molecule has 1 aliphatic heterocycles. The number of imide groups is 1. The number of amides is 2. The molecular weight excluding hydrogens is 646 g/mol. The van der Waals surface area contributed by atoms with E-state index in [2.05, 4.69) is 63.0 Å². The molecule has 0 spiro atoms. The molecule has 0 radical (unpaired) electrons. The van der Waals surface area contributed by atoms with E-state index < -0.39 is 0 Å². The standard InChI is InChI=1S/2C5H5BrN2O.C5H6N2O.C4H4BrNO2/c1-8-2-4(6)7-5(8)3-9;1-8-4(6)2-7-5(8)3-9;1-7-3-2-6-5(7)4-8;5-6-3(7)1-2-4(6)8/h2*2-3H,1H3;2-4H,1H3;1-2H2. The van der Waals surface area contributed by atoms with Gasteiger partial charge in [-0.15, -0.1) is 0 Å². The molecule has 15 heteroatoms. The number of nitrogens with zero attached hydrogens (tertiary/aromatic N) is 7. The summed E-state index contributed by atoms with van der Waals surface area (Å²) in [5, 5.41) is 0. The first-order valence-corrected chi connectivity index (χ1v) is 11.6. The first-order valence-electron chi connectivity index (χ1n) is 9.26. The van der Waals surface area contributed by atoms with Crippen LogP contribution in [0.4, 0.5) is 0 Å². The number of imidazole rings is 3. The van der Waals surface area contributed by atoms with E-state index >= 15 is 0 Å². The summed E-state index contributed by atoms with van der Waals surface area (Å²) in [4.78, 5) is 62.5. The van der Waals surface area contributed by atoms with Gasteiger partial charge in [-0.05, 0) is 31.9 Å². The van der Waals surface area contributed by atoms with Gasteiger partial charge in [-0.2, -0.15) is 0 Å². The van der Waals surface area contributed by atoms with Crippen LogP contribution in [-0.4, -0.2) is 63.3 Å². The highest BCUT2D eigenvalue weighted by Crippen LogP contribution is 2.14. The fraction of sp³-hybridized carbons (Fsp3) is 0.263. The Hall–Kier alpha value is -2.78. The van der Waals surface area contributed by atoms with Gasteiger partial charge in [-0.25, -0.2) is 18.9 Å². The van der Waals surface area contributed by atoms with Crippen molar-refractivity contribution in [2.45, 2.75) is 12.8 Å². The number of carbonyl (C=O) groups is 5. The Morgan fingerprint density at radius 1 is 0.853 bits per heavy atom. The van der Waals surface area contributed by atoms with Crippen LogP contribution in [0.3, 0.4) is 0 Å². The lowest BCUT2D eigenvalue weighted by Crippen LogP contribution is -2.16. The van der Waals surface area contributed by atoms with Crippen molar-refractivity contribution in [1.82, 2.24) is 32.6 Å². The molecule has 0 aliphatic carbocycles. The minimum absolute atomic E-state index is 0.144. The lowest BCUT2D eigenvalue weighted by molar-refractivity contribution is -0.131. The van der Waals surface area contributed by atoms with Gasteiger partial charge in [0, 0.05) is 52.6 Å². The fourth-order valence-electron chi connectivity index (χ4n) is 2.10. The Morgan fingerprint density at radius 2 is 1.41 bits per heavy atom. The third kappa shape index (κ3) is 8.87. The van der Waals surface area contributed by atoms with E-state index in [1.54, 1.807) is 59.6 Å². The molecule has 3 aromatic heterocycles. The molecule has 4 rings (SSSR count). The van der Waals surface area contributed by atoms with Crippen LogP contribution in [0.5, 0.6) is 0 Å². The lowest BCUT2D eigenvalue weighted by atomic mass is 10.4. The minimum Gasteiger partial charge on any atom is -0.332 e. The largest absolute Gasteiger partial charge is 0.332 e. The molecule has 182 valence electrons. The zero-order valence-corrected chi connectivity index (χ0v) is 23.0. The van der Waals surface area contributed by atoms with Crippen LogP contribution in [0.1, 0.15) is 44.7 Å². The van der Waals surface area contributed by atoms with Crippen LogP contribution in [0.25, 0.3) is 0 Å². The number of aromatic nitrogens is 6. The molecule has 34 heavy (non-hydrogen) atoms. The topological polar surface area (TPSA) is 142 Å². The van der Waals surface area contributed by atoms with Crippen molar-refractivity contribution >= 4 is 78.7 Å². The maximum absolute atomic E-state index is 10.4. The van der Waals surface area contributed by atoms with Gasteiger partial charge in [-0.3, -0.25) is 24.0 Å². The van der Waals surface area contributed by atoms with Crippen molar-refractivity contribution in [2.24, 2.45) is 21.1 Å². The lowest BCUT2D eigenvalue weighted by Gasteiger charge is -1.97. The molecule has 0 unspecified atom stereocenters. The molecular formula is C19H20Br3N7O5. The van der Waals surface area contributed by atoms with Crippen molar-refractivity contribution in [1.29, 1.82) is 0 Å². The fourth-order valence-corrected chi connectivity index (χ4v) is 3.23. The SMILES string of the molecule is Cn1c(Br)cnc1C=O.Cn1cc(Br)nc1C=O.Cn1ccnc1C=O.O=C1CCC(=O)N1Br. The second-order valence-electron chi connectivity index (χ2n) is 6.35. The summed E-state index contributed by atoms with van der Waals surface area (Å²) >= 11 is 9.13. The summed E-state index contributed by atoms with van der Waals surface area (Å²) < 4.78 is 7.45. The van der Waals surface area contributed by atoms with Crippen LogP contribution in [0.15, 0.2) is 34.0 Å². The van der Waals surface area contributed by atoms with Gasteiger partial charge in [0.1, 0.15) is 9.21 Å². The predicted octanol–water partition coefficient (Wildman–Crippen LogP) is 2.67. The van der Waals surface area contributed by atoms with Crippen molar-refractivity contribution in [3.05, 3.63) is 51.5 Å². The molecule has 3 aromatic rings. The van der Waals surface area contributed by atoms with Gasteiger partial charge in [0.05, 0.1) is 22.3 Å². The van der Waals surface area contributed by atoms with Crippen molar-refractivity contribution < 1.29 is 24.0 Å². The summed E-state index contributed by atoms with van der Waals surface area (Å²) in [6.07, 6.45) is 9.48. The Kier molecular flexibility index (Phi) is 12.5. The zero-order valence-electron chi connectivity index (χ0n) is 18.3. The summed E-state index contributed by atoms with van der Waals surface area (Å²) in [7, 11) is 5.30. The monoisotopic (exact) mass is 663 g/mol. The van der Waals surface area contributed by atoms with Gasteiger partial charge in [0.2, 0.25) is 11.8 Å². The number of aldehydes is 3. The highest BCUT2D eigenvalue weighted by molar-refractivity contribution is 9.10. The molecule has 2 amide bonds. The van der Waals surface area contributed by atoms with Crippen LogP contribution in [0, 0.1) is 0 Å². The van der Waals surface area contributed by atoms with Gasteiger partial charge < -0.3 is 13.7 Å². The molecule has 1 aliphatic rings. The maximum Gasteiger partial charge on any atom is 0.239 e. The molecule has 4 heterocycles. The average Bonchev–Trinajstić information content (AvgIpc) is 3.55. The number of hydrogen-bond acceptors (Lipinski definition) is 8. The second-order valence-corrected chi connectivity index (χ2v) is 8.68. The van der Waals surface area contributed by atoms with Crippen LogP contribution >= 0.6 is 48.0 Å². The Morgan fingerprint density at radius 3 is 1.62 bits per heavy atom. The van der Waals surface area contributed by atoms with E-state index in [1.807, 2.05) is 0 Å². The molecule has 0 N–H and O–H groups in total. The van der Waals surface area contributed by atoms with E-state index in [1.165, 1.54) is 0 Å². The van der Waals surface area contributed by atoms with Crippen molar-refractivity contribution in [2.75, 3.05) is 0 Å². The Labute approximate surface area is 220 Å². The van der Waals surface area contributed by atoms with Gasteiger partial charge in [0.25, 0.3) is 0 Å². The normalized spacial score (nSPS) is 12.0. The van der Waals surface area contributed by atoms with E-state index in [-0.39, 0.29) is 11.8 Å². The van der Waals surface area contributed by atoms with Crippen molar-refractivity contribution in [3.8, 4) is 0 Å². The quantitative estimate of drug-likeness (QED) is 0.236. The highest BCUT2D eigenvalue weighted by Gasteiger charge is 2.26. The van der Waals surface area contributed by atoms with E-state index in [4.69, 9.17) is 0 Å². The summed E-state index contributed by atoms with van der Waals surface area (Å²) in [6.45, 7) is 0. The average molecular weight is 666 g/mol. The number of aryl methyl sites for hydroxylation is 2. The smallest absolute Gasteiger partial charge is 0.239 e. The minimum atomic E-state index is -0.144. The molecule has 0 aromatic carbocycles. The van der Waals surface area contributed by atoms with E-state index in [0.717, 1.165) is 14.8 Å². The molecule has 0 saturated carbocycles. The maximum atomic E-state index is 10.4. The van der Waals surface area contributed by atoms with Crippen LogP contribution < -0.4 is 0 Å². The number of hydrogen-bond donors (Lipinski definition) is 0. The predicted molar refractivity (Wildman–Crippen MR) is 131 cm³/mol. The summed E-state index contributed by atoms with van der Waals surface area (Å²) in [5.74, 6) is 1.04. The van der Waals surface area contributed by atoms with Crippen molar-refractivity contribution in [3.63, 3.8) is 0 Å². The zero-order chi connectivity index (χ0) is 25.8. The van der Waals surface area contributed by atoms with Gasteiger partial charge in [-0.1, -0.05) is 0 Å². The summed E-state index contributed by atoms with van der Waals surface area (Å²) in [5.41, 5.74) is 0. The second kappa shape index (κ2) is 14.5. The third-order valence-corrected chi connectivity index (χ3v) is 5.93. The first kappa shape index (κ1) is 29.3. The molecule has 1 fully saturated rings. The number of rotatable bonds is 3. The molecule has 0 bridgehead atoms. The van der Waals surface area contributed by atoms with E-state index in [9.17, 15) is 24.0 Å². The Balaban J connectivity index is 0.000000227. The Bertz CT molecular complexity index is 1130. The number of carbonyl (C=O) groups excluding carboxylic acids is 5. The molecule has 1 saturated heterocycles. The first-order chi connectivity index (χ1) is 16.0. The van der Waals surface area contributed by atoms with Gasteiger partial charge in [0.15, 0.2) is 36.3 Å². The molecule has 0 atom stereocenters. The summed E-state index contributed by atoms with van der Waals surface area (Å²) in [6, 6.07) is 0. The number of halogens is 3. The van der Waals surface area contributed by atoms with Crippen LogP contribution in [0.2, 0.25) is 0 Å². The van der Waals surface area contributed by atoms with Gasteiger partial charge >= 0.3 is 0 Å².